The normalized spacial score (nSPS) is 12.9. The average Bonchev–Trinajstić information content (AvgIpc) is 2.93. The predicted molar refractivity (Wildman–Crippen MR) is 145 cm³/mol. The summed E-state index contributed by atoms with van der Waals surface area (Å²) in [7, 11) is 0. The van der Waals surface area contributed by atoms with Crippen LogP contribution in [0.15, 0.2) is 59.4 Å². The number of aryl methyl sites for hydroxylation is 2. The molecule has 40 heavy (non-hydrogen) atoms. The smallest absolute Gasteiger partial charge is 0.323 e. The Kier molecular flexibility index (Phi) is 6.68. The quantitative estimate of drug-likeness (QED) is 0.190. The zero-order valence-corrected chi connectivity index (χ0v) is 21.8. The fourth-order valence-electron chi connectivity index (χ4n) is 4.70. The number of carbonyl (C=O) groups excluding carboxylic acids is 5. The minimum Gasteiger partial charge on any atom is -0.465 e. The van der Waals surface area contributed by atoms with Crippen molar-refractivity contribution in [3.63, 3.8) is 0 Å². The summed E-state index contributed by atoms with van der Waals surface area (Å²) in [5.74, 6) is -6.33. The summed E-state index contributed by atoms with van der Waals surface area (Å²) in [5.41, 5.74) is 0.850. The molecular formula is C30H23N3O7. The molecular weight excluding hydrogens is 514 g/mol. The van der Waals surface area contributed by atoms with Crippen LogP contribution in [0, 0.1) is 13.8 Å². The third kappa shape index (κ3) is 4.39. The van der Waals surface area contributed by atoms with Gasteiger partial charge in [0.15, 0.2) is 17.5 Å². The second kappa shape index (κ2) is 10.1. The Hall–Kier alpha value is -5.25. The fourth-order valence-corrected chi connectivity index (χ4v) is 4.70. The molecule has 0 aliphatic heterocycles. The lowest BCUT2D eigenvalue weighted by atomic mass is 9.83. The van der Waals surface area contributed by atoms with Crippen LogP contribution in [0.3, 0.4) is 0 Å². The molecule has 1 aliphatic carbocycles. The van der Waals surface area contributed by atoms with Crippen molar-refractivity contribution in [1.29, 1.82) is 0 Å². The molecule has 10 heteroatoms. The number of Topliss-reactive ketones (excluding diaryl/α,β-unsaturated/α-hetero) is 1. The molecule has 1 amide bonds. The first-order valence-electron chi connectivity index (χ1n) is 12.5. The lowest BCUT2D eigenvalue weighted by molar-refractivity contribution is -0.150. The van der Waals surface area contributed by atoms with E-state index in [0.717, 1.165) is 5.56 Å². The highest BCUT2D eigenvalue weighted by Crippen LogP contribution is 2.31. The molecule has 10 nitrogen and oxygen atoms in total. The van der Waals surface area contributed by atoms with Gasteiger partial charge in [-0.3, -0.25) is 28.8 Å². The van der Waals surface area contributed by atoms with Gasteiger partial charge in [-0.25, -0.2) is 4.98 Å². The highest BCUT2D eigenvalue weighted by Gasteiger charge is 2.39. The number of rotatable bonds is 6. The molecule has 4 aromatic rings. The van der Waals surface area contributed by atoms with Gasteiger partial charge in [0.1, 0.15) is 5.69 Å². The van der Waals surface area contributed by atoms with Crippen molar-refractivity contribution in [3.05, 3.63) is 104 Å². The number of ether oxygens (including phenoxy) is 1. The first-order chi connectivity index (χ1) is 19.1. The van der Waals surface area contributed by atoms with Crippen molar-refractivity contribution in [1.82, 2.24) is 9.97 Å². The van der Waals surface area contributed by atoms with Crippen LogP contribution in [-0.2, 0) is 19.1 Å². The van der Waals surface area contributed by atoms with Gasteiger partial charge in [0.2, 0.25) is 5.78 Å². The molecule has 0 radical (unpaired) electrons. The number of H-pyrrole nitrogens is 1. The van der Waals surface area contributed by atoms with Gasteiger partial charge in [-0.1, -0.05) is 36.4 Å². The lowest BCUT2D eigenvalue weighted by Crippen LogP contribution is -2.37. The summed E-state index contributed by atoms with van der Waals surface area (Å²) in [6, 6.07) is 14.4. The second-order valence-corrected chi connectivity index (χ2v) is 9.36. The number of benzene rings is 3. The number of aromatic nitrogens is 2. The minimum atomic E-state index is -1.97. The number of hydrogen-bond acceptors (Lipinski definition) is 8. The molecule has 1 atom stereocenters. The molecule has 5 rings (SSSR count). The highest BCUT2D eigenvalue weighted by molar-refractivity contribution is 6.45. The fraction of sp³-hybridized carbons (Fsp3) is 0.167. The maximum atomic E-state index is 13.3. The van der Waals surface area contributed by atoms with Crippen LogP contribution in [0.25, 0.3) is 11.0 Å². The van der Waals surface area contributed by atoms with E-state index in [0.29, 0.717) is 11.3 Å². The molecule has 0 spiro atoms. The number of nitrogens with one attached hydrogen (secondary N) is 2. The van der Waals surface area contributed by atoms with Crippen molar-refractivity contribution in [2.45, 2.75) is 26.7 Å². The van der Waals surface area contributed by atoms with Crippen LogP contribution in [0.2, 0.25) is 0 Å². The predicted octanol–water partition coefficient (Wildman–Crippen LogP) is 3.17. The first kappa shape index (κ1) is 26.4. The average molecular weight is 538 g/mol. The number of fused-ring (bicyclic) bond motifs is 4. The van der Waals surface area contributed by atoms with Crippen molar-refractivity contribution >= 4 is 45.9 Å². The van der Waals surface area contributed by atoms with Crippen LogP contribution >= 0.6 is 0 Å². The van der Waals surface area contributed by atoms with Crippen molar-refractivity contribution < 1.29 is 28.7 Å². The maximum Gasteiger partial charge on any atom is 0.323 e. The van der Waals surface area contributed by atoms with Crippen LogP contribution in [-0.4, -0.2) is 45.8 Å². The highest BCUT2D eigenvalue weighted by atomic mass is 16.5. The Labute approximate surface area is 227 Å². The van der Waals surface area contributed by atoms with E-state index in [4.69, 9.17) is 4.74 Å². The molecule has 2 N–H and O–H groups in total. The number of anilines is 1. The van der Waals surface area contributed by atoms with E-state index >= 15 is 0 Å². The van der Waals surface area contributed by atoms with Crippen molar-refractivity contribution in [2.24, 2.45) is 0 Å². The van der Waals surface area contributed by atoms with Gasteiger partial charge in [0.05, 0.1) is 23.2 Å². The molecule has 0 unspecified atom stereocenters. The summed E-state index contributed by atoms with van der Waals surface area (Å²) >= 11 is 0. The number of amides is 1. The Morgan fingerprint density at radius 2 is 1.62 bits per heavy atom. The van der Waals surface area contributed by atoms with Gasteiger partial charge in [-0.2, -0.15) is 0 Å². The van der Waals surface area contributed by atoms with E-state index in [1.807, 2.05) is 13.0 Å². The molecule has 200 valence electrons. The first-order valence-corrected chi connectivity index (χ1v) is 12.5. The third-order valence-corrected chi connectivity index (χ3v) is 6.71. The molecule has 1 aromatic heterocycles. The number of hydrogen-bond donors (Lipinski definition) is 2. The molecule has 0 fully saturated rings. The van der Waals surface area contributed by atoms with Crippen LogP contribution < -0.4 is 10.9 Å². The Bertz CT molecular complexity index is 1840. The SMILES string of the molecule is CCOC(=O)[C@H](C(=O)C(=O)Nc1cc(C)ccc1C)c1nc2ccc3c(c2[nH]c1=O)C(=O)c1ccccc1C3=O. The van der Waals surface area contributed by atoms with Gasteiger partial charge in [-0.05, 0) is 50.1 Å². The maximum absolute atomic E-state index is 13.3. The van der Waals surface area contributed by atoms with E-state index in [2.05, 4.69) is 15.3 Å². The van der Waals surface area contributed by atoms with Gasteiger partial charge < -0.3 is 15.0 Å². The monoisotopic (exact) mass is 537 g/mol. The minimum absolute atomic E-state index is 0.0194. The van der Waals surface area contributed by atoms with Crippen molar-refractivity contribution in [3.8, 4) is 0 Å². The van der Waals surface area contributed by atoms with Crippen molar-refractivity contribution in [2.75, 3.05) is 11.9 Å². The second-order valence-electron chi connectivity index (χ2n) is 9.36. The van der Waals surface area contributed by atoms with Crippen LogP contribution in [0.4, 0.5) is 5.69 Å². The summed E-state index contributed by atoms with van der Waals surface area (Å²) in [6.07, 6.45) is 0. The van der Waals surface area contributed by atoms with E-state index in [1.165, 1.54) is 25.1 Å². The summed E-state index contributed by atoms with van der Waals surface area (Å²) in [6.45, 7) is 4.95. The molecule has 3 aromatic carbocycles. The molecule has 0 saturated heterocycles. The number of ketones is 3. The van der Waals surface area contributed by atoms with E-state index < -0.39 is 40.6 Å². The van der Waals surface area contributed by atoms with Crippen LogP contribution in [0.5, 0.6) is 0 Å². The topological polar surface area (TPSA) is 152 Å². The largest absolute Gasteiger partial charge is 0.465 e. The Balaban J connectivity index is 1.60. The van der Waals surface area contributed by atoms with Gasteiger partial charge in [0.25, 0.3) is 11.5 Å². The zero-order valence-electron chi connectivity index (χ0n) is 21.8. The van der Waals surface area contributed by atoms with E-state index in [-0.39, 0.29) is 45.7 Å². The van der Waals surface area contributed by atoms with Gasteiger partial charge in [-0.15, -0.1) is 0 Å². The molecule has 1 aliphatic rings. The number of esters is 1. The lowest BCUT2D eigenvalue weighted by Gasteiger charge is -2.19. The number of aromatic amines is 1. The molecule has 0 saturated carbocycles. The van der Waals surface area contributed by atoms with Gasteiger partial charge >= 0.3 is 5.97 Å². The molecule has 0 bridgehead atoms. The van der Waals surface area contributed by atoms with Crippen LogP contribution in [0.1, 0.15) is 61.5 Å². The van der Waals surface area contributed by atoms with E-state index in [1.54, 1.807) is 37.3 Å². The van der Waals surface area contributed by atoms with Gasteiger partial charge in [0, 0.05) is 22.4 Å². The molecule has 1 heterocycles. The summed E-state index contributed by atoms with van der Waals surface area (Å²) < 4.78 is 5.02. The number of nitrogens with zero attached hydrogens (tertiary/aromatic N) is 1. The summed E-state index contributed by atoms with van der Waals surface area (Å²) in [5, 5.41) is 2.50. The summed E-state index contributed by atoms with van der Waals surface area (Å²) in [4.78, 5) is 85.6. The number of carbonyl (C=O) groups is 5. The van der Waals surface area contributed by atoms with E-state index in [9.17, 15) is 28.8 Å². The Morgan fingerprint density at radius 3 is 2.33 bits per heavy atom. The standard InChI is InChI=1S/C30H23N3O7/c1-4-40-30(39)22(27(36)29(38)32-20-13-14(2)9-10-15(20)3)24-28(37)33-23-19(31-24)12-11-18-21(23)26(35)17-8-6-5-7-16(17)25(18)34/h5-13,22H,4H2,1-3H3,(H,32,38)(H,33,37)/t22-/m0/s1. The Morgan fingerprint density at radius 1 is 0.925 bits per heavy atom. The zero-order chi connectivity index (χ0) is 28.7. The third-order valence-electron chi connectivity index (χ3n) is 6.71.